The first-order valence-electron chi connectivity index (χ1n) is 3.17. The van der Waals surface area contributed by atoms with E-state index in [2.05, 4.69) is 10.9 Å². The summed E-state index contributed by atoms with van der Waals surface area (Å²) >= 11 is 0. The van der Waals surface area contributed by atoms with E-state index in [-0.39, 0.29) is 12.3 Å². The van der Waals surface area contributed by atoms with Crippen molar-refractivity contribution in [3.05, 3.63) is 23.5 Å². The van der Waals surface area contributed by atoms with E-state index in [0.717, 1.165) is 0 Å². The van der Waals surface area contributed by atoms with Crippen LogP contribution in [0.2, 0.25) is 0 Å². The molecule has 1 aromatic rings. The highest BCUT2D eigenvalue weighted by atomic mass is 16.1. The molecule has 1 aromatic heterocycles. The molecule has 0 aliphatic rings. The van der Waals surface area contributed by atoms with Crippen molar-refractivity contribution < 1.29 is 4.79 Å². The normalized spacial score (nSPS) is 9.09. The van der Waals surface area contributed by atoms with Crippen molar-refractivity contribution >= 4 is 5.78 Å². The van der Waals surface area contributed by atoms with E-state index < -0.39 is 0 Å². The molecule has 0 atom stereocenters. The molecule has 3 heteroatoms. The second-order valence-corrected chi connectivity index (χ2v) is 2.06. The number of ketones is 1. The fraction of sp³-hybridized carbons (Fsp3) is 0.125. The minimum absolute atomic E-state index is 0.00449. The van der Waals surface area contributed by atoms with Crippen LogP contribution in [-0.4, -0.2) is 17.3 Å². The Morgan fingerprint density at radius 3 is 2.91 bits per heavy atom. The third-order valence-electron chi connectivity index (χ3n) is 1.33. The number of carbonyl (C=O) groups is 1. The van der Waals surface area contributed by atoms with Crippen molar-refractivity contribution in [2.75, 3.05) is 6.54 Å². The van der Waals surface area contributed by atoms with Crippen LogP contribution in [0.4, 0.5) is 0 Å². The summed E-state index contributed by atoms with van der Waals surface area (Å²) in [5, 5.41) is 0. The molecule has 0 amide bonds. The molecule has 56 valence electrons. The molecular formula is C8H8N2O. The number of aromatic nitrogens is 1. The van der Waals surface area contributed by atoms with E-state index in [1.807, 2.05) is 0 Å². The Kier molecular flexibility index (Phi) is 2.09. The Labute approximate surface area is 64.6 Å². The van der Waals surface area contributed by atoms with Crippen LogP contribution in [0.5, 0.6) is 0 Å². The summed E-state index contributed by atoms with van der Waals surface area (Å²) in [6.45, 7) is 0.00449. The van der Waals surface area contributed by atoms with Crippen molar-refractivity contribution in [3.63, 3.8) is 0 Å². The van der Waals surface area contributed by atoms with Gasteiger partial charge in [-0.15, -0.1) is 6.42 Å². The highest BCUT2D eigenvalue weighted by Crippen LogP contribution is 2.00. The van der Waals surface area contributed by atoms with E-state index in [1.165, 1.54) is 0 Å². The molecule has 1 heterocycles. The number of hydrogen-bond acceptors (Lipinski definition) is 2. The Morgan fingerprint density at radius 1 is 1.73 bits per heavy atom. The number of nitrogens with two attached hydrogens (primary N) is 1. The van der Waals surface area contributed by atoms with Gasteiger partial charge in [0, 0.05) is 0 Å². The van der Waals surface area contributed by atoms with Crippen molar-refractivity contribution in [1.82, 2.24) is 4.98 Å². The third kappa shape index (κ3) is 1.48. The lowest BCUT2D eigenvalue weighted by Gasteiger charge is -1.89. The number of H-pyrrole nitrogens is 1. The van der Waals surface area contributed by atoms with Crippen LogP contribution >= 0.6 is 0 Å². The summed E-state index contributed by atoms with van der Waals surface area (Å²) < 4.78 is 0. The third-order valence-corrected chi connectivity index (χ3v) is 1.33. The maximum absolute atomic E-state index is 10.9. The van der Waals surface area contributed by atoms with Crippen LogP contribution in [-0.2, 0) is 0 Å². The van der Waals surface area contributed by atoms with Crippen molar-refractivity contribution in [2.45, 2.75) is 0 Å². The second kappa shape index (κ2) is 3.04. The first kappa shape index (κ1) is 7.58. The predicted octanol–water partition coefficient (Wildman–Crippen LogP) is 0.137. The topological polar surface area (TPSA) is 58.9 Å². The fourth-order valence-corrected chi connectivity index (χ4v) is 0.752. The van der Waals surface area contributed by atoms with Gasteiger partial charge in [-0.1, -0.05) is 5.92 Å². The number of nitrogens with one attached hydrogen (secondary N) is 1. The zero-order valence-corrected chi connectivity index (χ0v) is 5.92. The van der Waals surface area contributed by atoms with Gasteiger partial charge in [0.05, 0.1) is 17.9 Å². The summed E-state index contributed by atoms with van der Waals surface area (Å²) in [6.07, 6.45) is 5.08. The Hall–Kier alpha value is -1.53. The van der Waals surface area contributed by atoms with Gasteiger partial charge < -0.3 is 10.7 Å². The van der Waals surface area contributed by atoms with E-state index in [0.29, 0.717) is 11.4 Å². The highest BCUT2D eigenvalue weighted by molar-refractivity contribution is 5.96. The fourth-order valence-electron chi connectivity index (χ4n) is 0.752. The Bertz CT molecular complexity index is 306. The Balaban J connectivity index is 2.91. The lowest BCUT2D eigenvalue weighted by atomic mass is 10.3. The van der Waals surface area contributed by atoms with Gasteiger partial charge in [0.1, 0.15) is 0 Å². The number of rotatable bonds is 2. The molecule has 0 aliphatic carbocycles. The van der Waals surface area contributed by atoms with Gasteiger partial charge in [0.25, 0.3) is 0 Å². The predicted molar refractivity (Wildman–Crippen MR) is 42.1 cm³/mol. The van der Waals surface area contributed by atoms with Crippen LogP contribution < -0.4 is 5.73 Å². The van der Waals surface area contributed by atoms with Crippen LogP contribution in [0.25, 0.3) is 0 Å². The van der Waals surface area contributed by atoms with Gasteiger partial charge in [-0.05, 0) is 12.1 Å². The minimum atomic E-state index is -0.133. The second-order valence-electron chi connectivity index (χ2n) is 2.06. The largest absolute Gasteiger partial charge is 0.346 e. The summed E-state index contributed by atoms with van der Waals surface area (Å²) in [5.41, 5.74) is 6.21. The molecule has 0 spiro atoms. The van der Waals surface area contributed by atoms with Crippen LogP contribution in [0.1, 0.15) is 16.2 Å². The zero-order chi connectivity index (χ0) is 8.27. The van der Waals surface area contributed by atoms with Gasteiger partial charge in [-0.3, -0.25) is 4.79 Å². The van der Waals surface area contributed by atoms with Crippen LogP contribution in [0, 0.1) is 12.3 Å². The van der Waals surface area contributed by atoms with Crippen LogP contribution in [0.15, 0.2) is 12.1 Å². The molecule has 0 bridgehead atoms. The standard InChI is InChI=1S/C8H8N2O/c1-2-6-3-4-7(10-6)8(11)5-9/h1,3-4,10H,5,9H2. The number of hydrogen-bond donors (Lipinski definition) is 2. The maximum atomic E-state index is 10.9. The molecule has 11 heavy (non-hydrogen) atoms. The van der Waals surface area contributed by atoms with E-state index in [4.69, 9.17) is 12.2 Å². The van der Waals surface area contributed by atoms with Gasteiger partial charge >= 0.3 is 0 Å². The number of carbonyl (C=O) groups excluding carboxylic acids is 1. The Morgan fingerprint density at radius 2 is 2.45 bits per heavy atom. The first-order chi connectivity index (χ1) is 5.27. The van der Waals surface area contributed by atoms with Crippen molar-refractivity contribution in [3.8, 4) is 12.3 Å². The van der Waals surface area contributed by atoms with Gasteiger partial charge in [0.2, 0.25) is 0 Å². The molecule has 0 unspecified atom stereocenters. The molecule has 0 aliphatic heterocycles. The maximum Gasteiger partial charge on any atom is 0.192 e. The van der Waals surface area contributed by atoms with Crippen molar-refractivity contribution in [2.24, 2.45) is 5.73 Å². The van der Waals surface area contributed by atoms with Crippen molar-refractivity contribution in [1.29, 1.82) is 0 Å². The summed E-state index contributed by atoms with van der Waals surface area (Å²) in [7, 11) is 0. The summed E-state index contributed by atoms with van der Waals surface area (Å²) in [5.74, 6) is 2.24. The average Bonchev–Trinajstić information content (AvgIpc) is 2.50. The smallest absolute Gasteiger partial charge is 0.192 e. The van der Waals surface area contributed by atoms with E-state index >= 15 is 0 Å². The lowest BCUT2D eigenvalue weighted by Crippen LogP contribution is -2.13. The molecule has 0 saturated heterocycles. The zero-order valence-electron chi connectivity index (χ0n) is 5.92. The highest BCUT2D eigenvalue weighted by Gasteiger charge is 2.03. The monoisotopic (exact) mass is 148 g/mol. The lowest BCUT2D eigenvalue weighted by molar-refractivity contribution is 0.0997. The van der Waals surface area contributed by atoms with Crippen LogP contribution in [0.3, 0.4) is 0 Å². The van der Waals surface area contributed by atoms with E-state index in [9.17, 15) is 4.79 Å². The first-order valence-corrected chi connectivity index (χ1v) is 3.17. The molecular weight excluding hydrogens is 140 g/mol. The summed E-state index contributed by atoms with van der Waals surface area (Å²) in [4.78, 5) is 13.7. The molecule has 3 N–H and O–H groups in total. The molecule has 0 fully saturated rings. The van der Waals surface area contributed by atoms with Gasteiger partial charge in [0.15, 0.2) is 5.78 Å². The molecule has 0 aromatic carbocycles. The van der Waals surface area contributed by atoms with Gasteiger partial charge in [-0.2, -0.15) is 0 Å². The summed E-state index contributed by atoms with van der Waals surface area (Å²) in [6, 6.07) is 3.30. The number of Topliss-reactive ketones (excluding diaryl/α,β-unsaturated/α-hetero) is 1. The molecule has 1 rings (SSSR count). The molecule has 0 radical (unpaired) electrons. The minimum Gasteiger partial charge on any atom is -0.346 e. The quantitative estimate of drug-likeness (QED) is 0.463. The number of terminal acetylenes is 1. The van der Waals surface area contributed by atoms with Gasteiger partial charge in [-0.25, -0.2) is 0 Å². The molecule has 0 saturated carbocycles. The number of aromatic amines is 1. The SMILES string of the molecule is C#Cc1ccc(C(=O)CN)[nH]1. The average molecular weight is 148 g/mol. The van der Waals surface area contributed by atoms with E-state index in [1.54, 1.807) is 12.1 Å². The molecule has 3 nitrogen and oxygen atoms in total.